The summed E-state index contributed by atoms with van der Waals surface area (Å²) in [5.41, 5.74) is 1.69. The van der Waals surface area contributed by atoms with Gasteiger partial charge in [-0.05, 0) is 48.9 Å². The minimum absolute atomic E-state index is 0.0204. The Kier molecular flexibility index (Phi) is 5.23. The van der Waals surface area contributed by atoms with Crippen molar-refractivity contribution in [3.05, 3.63) is 64.7 Å². The Labute approximate surface area is 130 Å². The van der Waals surface area contributed by atoms with Gasteiger partial charge in [0.25, 0.3) is 5.91 Å². The van der Waals surface area contributed by atoms with Gasteiger partial charge in [0.1, 0.15) is 5.75 Å². The van der Waals surface area contributed by atoms with Gasteiger partial charge in [0.2, 0.25) is 0 Å². The fourth-order valence-electron chi connectivity index (χ4n) is 2.02. The smallest absolute Gasteiger partial charge is 0.253 e. The summed E-state index contributed by atoms with van der Waals surface area (Å²) in [5.74, 6) is 0.752. The standard InChI is InChI=1S/C17H18ClNO2/c1-3-21-16-10-6-14(7-11-16)17(20)19(2)12-13-4-8-15(18)9-5-13/h4-11H,3,12H2,1-2H3. The van der Waals surface area contributed by atoms with Gasteiger partial charge < -0.3 is 9.64 Å². The zero-order valence-electron chi connectivity index (χ0n) is 12.2. The Morgan fingerprint density at radius 3 is 2.29 bits per heavy atom. The van der Waals surface area contributed by atoms with Crippen LogP contribution in [0.2, 0.25) is 5.02 Å². The van der Waals surface area contributed by atoms with Crippen molar-refractivity contribution < 1.29 is 9.53 Å². The normalized spacial score (nSPS) is 10.2. The number of hydrogen-bond acceptors (Lipinski definition) is 2. The number of benzene rings is 2. The summed E-state index contributed by atoms with van der Waals surface area (Å²) in [6, 6.07) is 14.7. The molecule has 0 aliphatic carbocycles. The minimum atomic E-state index is -0.0204. The molecule has 0 radical (unpaired) electrons. The van der Waals surface area contributed by atoms with Crippen LogP contribution < -0.4 is 4.74 Å². The van der Waals surface area contributed by atoms with Crippen molar-refractivity contribution >= 4 is 17.5 Å². The monoisotopic (exact) mass is 303 g/mol. The average Bonchev–Trinajstić information content (AvgIpc) is 2.50. The van der Waals surface area contributed by atoms with E-state index >= 15 is 0 Å². The van der Waals surface area contributed by atoms with Gasteiger partial charge in [-0.2, -0.15) is 0 Å². The summed E-state index contributed by atoms with van der Waals surface area (Å²) in [6.45, 7) is 3.09. The lowest BCUT2D eigenvalue weighted by molar-refractivity contribution is 0.0785. The van der Waals surface area contributed by atoms with E-state index in [1.807, 2.05) is 43.3 Å². The second-order valence-corrected chi connectivity index (χ2v) is 5.18. The largest absolute Gasteiger partial charge is 0.494 e. The van der Waals surface area contributed by atoms with Crippen LogP contribution in [0.4, 0.5) is 0 Å². The number of ether oxygens (including phenoxy) is 1. The number of carbonyl (C=O) groups is 1. The number of carbonyl (C=O) groups excluding carboxylic acids is 1. The van der Waals surface area contributed by atoms with E-state index in [0.29, 0.717) is 23.7 Å². The fourth-order valence-corrected chi connectivity index (χ4v) is 2.14. The third-order valence-electron chi connectivity index (χ3n) is 3.09. The van der Waals surface area contributed by atoms with Crippen LogP contribution in [0.25, 0.3) is 0 Å². The van der Waals surface area contributed by atoms with E-state index in [-0.39, 0.29) is 5.91 Å². The number of halogens is 1. The Hall–Kier alpha value is -2.00. The number of rotatable bonds is 5. The van der Waals surface area contributed by atoms with E-state index in [4.69, 9.17) is 16.3 Å². The van der Waals surface area contributed by atoms with Crippen LogP contribution >= 0.6 is 11.6 Å². The third-order valence-corrected chi connectivity index (χ3v) is 3.34. The molecule has 2 rings (SSSR count). The molecule has 0 N–H and O–H groups in total. The molecule has 2 aromatic rings. The first-order chi connectivity index (χ1) is 10.1. The predicted octanol–water partition coefficient (Wildman–Crippen LogP) is 4.01. The van der Waals surface area contributed by atoms with Crippen molar-refractivity contribution in [3.8, 4) is 5.75 Å². The van der Waals surface area contributed by atoms with Crippen molar-refractivity contribution in [1.29, 1.82) is 0 Å². The molecule has 0 saturated carbocycles. The molecule has 0 saturated heterocycles. The quantitative estimate of drug-likeness (QED) is 0.835. The average molecular weight is 304 g/mol. The zero-order chi connectivity index (χ0) is 15.2. The SMILES string of the molecule is CCOc1ccc(C(=O)N(C)Cc2ccc(Cl)cc2)cc1. The lowest BCUT2D eigenvalue weighted by Gasteiger charge is -2.17. The van der Waals surface area contributed by atoms with Gasteiger partial charge in [-0.25, -0.2) is 0 Å². The summed E-state index contributed by atoms with van der Waals surface area (Å²) in [7, 11) is 1.79. The van der Waals surface area contributed by atoms with E-state index in [1.54, 1.807) is 24.1 Å². The summed E-state index contributed by atoms with van der Waals surface area (Å²) < 4.78 is 5.37. The summed E-state index contributed by atoms with van der Waals surface area (Å²) in [6.07, 6.45) is 0. The maximum atomic E-state index is 12.3. The van der Waals surface area contributed by atoms with Crippen molar-refractivity contribution in [2.45, 2.75) is 13.5 Å². The number of hydrogen-bond donors (Lipinski definition) is 0. The highest BCUT2D eigenvalue weighted by Crippen LogP contribution is 2.15. The van der Waals surface area contributed by atoms with E-state index < -0.39 is 0 Å². The number of nitrogens with zero attached hydrogens (tertiary/aromatic N) is 1. The van der Waals surface area contributed by atoms with Gasteiger partial charge in [0, 0.05) is 24.2 Å². The van der Waals surface area contributed by atoms with Gasteiger partial charge in [-0.15, -0.1) is 0 Å². The lowest BCUT2D eigenvalue weighted by Crippen LogP contribution is -2.26. The highest BCUT2D eigenvalue weighted by Gasteiger charge is 2.12. The van der Waals surface area contributed by atoms with Crippen molar-refractivity contribution in [2.75, 3.05) is 13.7 Å². The van der Waals surface area contributed by atoms with Gasteiger partial charge in [-0.3, -0.25) is 4.79 Å². The molecule has 4 heteroatoms. The minimum Gasteiger partial charge on any atom is -0.494 e. The molecule has 0 aliphatic rings. The summed E-state index contributed by atoms with van der Waals surface area (Å²) >= 11 is 5.85. The molecule has 0 aliphatic heterocycles. The maximum Gasteiger partial charge on any atom is 0.253 e. The highest BCUT2D eigenvalue weighted by molar-refractivity contribution is 6.30. The van der Waals surface area contributed by atoms with Crippen molar-refractivity contribution in [3.63, 3.8) is 0 Å². The van der Waals surface area contributed by atoms with E-state index in [1.165, 1.54) is 0 Å². The van der Waals surface area contributed by atoms with E-state index in [0.717, 1.165) is 11.3 Å². The topological polar surface area (TPSA) is 29.5 Å². The molecule has 0 unspecified atom stereocenters. The molecule has 1 amide bonds. The van der Waals surface area contributed by atoms with Crippen LogP contribution in [-0.2, 0) is 6.54 Å². The van der Waals surface area contributed by atoms with Gasteiger partial charge in [0.05, 0.1) is 6.61 Å². The van der Waals surface area contributed by atoms with Gasteiger partial charge in [0.15, 0.2) is 0 Å². The first kappa shape index (κ1) is 15.4. The van der Waals surface area contributed by atoms with Crippen LogP contribution in [-0.4, -0.2) is 24.5 Å². The van der Waals surface area contributed by atoms with Crippen LogP contribution in [0, 0.1) is 0 Å². The van der Waals surface area contributed by atoms with E-state index in [9.17, 15) is 4.79 Å². The molecule has 3 nitrogen and oxygen atoms in total. The highest BCUT2D eigenvalue weighted by atomic mass is 35.5. The first-order valence-corrected chi connectivity index (χ1v) is 7.20. The van der Waals surface area contributed by atoms with Crippen LogP contribution in [0.15, 0.2) is 48.5 Å². The molecule has 0 bridgehead atoms. The van der Waals surface area contributed by atoms with Crippen LogP contribution in [0.5, 0.6) is 5.75 Å². The Morgan fingerprint density at radius 2 is 1.71 bits per heavy atom. The molecule has 0 aromatic heterocycles. The van der Waals surface area contributed by atoms with E-state index in [2.05, 4.69) is 0 Å². The fraction of sp³-hybridized carbons (Fsp3) is 0.235. The van der Waals surface area contributed by atoms with Gasteiger partial charge in [-0.1, -0.05) is 23.7 Å². The second kappa shape index (κ2) is 7.14. The Morgan fingerprint density at radius 1 is 1.10 bits per heavy atom. The molecule has 0 heterocycles. The molecule has 0 spiro atoms. The molecule has 2 aromatic carbocycles. The molecule has 21 heavy (non-hydrogen) atoms. The first-order valence-electron chi connectivity index (χ1n) is 6.83. The molecular weight excluding hydrogens is 286 g/mol. The number of amides is 1. The lowest BCUT2D eigenvalue weighted by atomic mass is 10.1. The van der Waals surface area contributed by atoms with Crippen LogP contribution in [0.3, 0.4) is 0 Å². The van der Waals surface area contributed by atoms with Gasteiger partial charge >= 0.3 is 0 Å². The Bertz CT molecular complexity index is 593. The molecule has 110 valence electrons. The van der Waals surface area contributed by atoms with Crippen LogP contribution in [0.1, 0.15) is 22.8 Å². The molecule has 0 fully saturated rings. The molecule has 0 atom stereocenters. The predicted molar refractivity (Wildman–Crippen MR) is 84.9 cm³/mol. The summed E-state index contributed by atoms with van der Waals surface area (Å²) in [4.78, 5) is 14.0. The maximum absolute atomic E-state index is 12.3. The summed E-state index contributed by atoms with van der Waals surface area (Å²) in [5, 5.41) is 0.694. The third kappa shape index (κ3) is 4.23. The van der Waals surface area contributed by atoms with Crippen molar-refractivity contribution in [1.82, 2.24) is 4.90 Å². The zero-order valence-corrected chi connectivity index (χ0v) is 12.9. The second-order valence-electron chi connectivity index (χ2n) is 4.75. The molecular formula is C17H18ClNO2. The Balaban J connectivity index is 2.02. The van der Waals surface area contributed by atoms with Crippen molar-refractivity contribution in [2.24, 2.45) is 0 Å².